The molecule has 0 spiro atoms. The SMILES string of the molecule is CCC(O)(CC)CN(C)Cc1cc(C(=O)OC)c(C)o1. The van der Waals surface area contributed by atoms with Crippen LogP contribution in [0.1, 0.15) is 48.6 Å². The molecule has 1 aromatic rings. The van der Waals surface area contributed by atoms with Crippen LogP contribution >= 0.6 is 0 Å². The van der Waals surface area contributed by atoms with Crippen molar-refractivity contribution in [3.63, 3.8) is 0 Å². The van der Waals surface area contributed by atoms with Crippen LogP contribution in [0.4, 0.5) is 0 Å². The minimum absolute atomic E-state index is 0.390. The van der Waals surface area contributed by atoms with Crippen molar-refractivity contribution < 1.29 is 19.1 Å². The Bertz CT molecular complexity index is 449. The van der Waals surface area contributed by atoms with Crippen molar-refractivity contribution in [3.05, 3.63) is 23.2 Å². The monoisotopic (exact) mass is 283 g/mol. The highest BCUT2D eigenvalue weighted by molar-refractivity contribution is 5.90. The van der Waals surface area contributed by atoms with E-state index in [9.17, 15) is 9.90 Å². The van der Waals surface area contributed by atoms with E-state index in [4.69, 9.17) is 9.15 Å². The first-order valence-corrected chi connectivity index (χ1v) is 6.93. The minimum atomic E-state index is -0.679. The fraction of sp³-hybridized carbons (Fsp3) is 0.667. The third-order valence-electron chi connectivity index (χ3n) is 3.68. The normalized spacial score (nSPS) is 11.9. The van der Waals surface area contributed by atoms with Crippen LogP contribution in [-0.4, -0.2) is 42.3 Å². The number of ether oxygens (including phenoxy) is 1. The second-order valence-electron chi connectivity index (χ2n) is 5.28. The van der Waals surface area contributed by atoms with Gasteiger partial charge in [0.25, 0.3) is 0 Å². The molecule has 0 radical (unpaired) electrons. The smallest absolute Gasteiger partial charge is 0.341 e. The topological polar surface area (TPSA) is 62.9 Å². The van der Waals surface area contributed by atoms with E-state index in [-0.39, 0.29) is 0 Å². The molecule has 5 heteroatoms. The Morgan fingerprint density at radius 2 is 2.05 bits per heavy atom. The molecule has 1 aromatic heterocycles. The van der Waals surface area contributed by atoms with Crippen LogP contribution in [0, 0.1) is 6.92 Å². The molecule has 0 amide bonds. The lowest BCUT2D eigenvalue weighted by Gasteiger charge is -2.30. The van der Waals surface area contributed by atoms with Crippen LogP contribution in [0.25, 0.3) is 0 Å². The highest BCUT2D eigenvalue weighted by atomic mass is 16.5. The average molecular weight is 283 g/mol. The third-order valence-corrected chi connectivity index (χ3v) is 3.68. The van der Waals surface area contributed by atoms with Crippen molar-refractivity contribution in [2.45, 2.75) is 45.8 Å². The molecule has 1 N–H and O–H groups in total. The van der Waals surface area contributed by atoms with Gasteiger partial charge in [0.05, 0.1) is 19.3 Å². The van der Waals surface area contributed by atoms with Gasteiger partial charge in [-0.25, -0.2) is 4.79 Å². The molecule has 0 atom stereocenters. The number of hydrogen-bond donors (Lipinski definition) is 1. The lowest BCUT2D eigenvalue weighted by Crippen LogP contribution is -2.40. The molecular weight excluding hydrogens is 258 g/mol. The van der Waals surface area contributed by atoms with Gasteiger partial charge in [0.15, 0.2) is 0 Å². The molecule has 1 heterocycles. The van der Waals surface area contributed by atoms with Crippen molar-refractivity contribution in [2.24, 2.45) is 0 Å². The van der Waals surface area contributed by atoms with Gasteiger partial charge < -0.3 is 14.3 Å². The summed E-state index contributed by atoms with van der Waals surface area (Å²) in [5, 5.41) is 10.3. The number of furan rings is 1. The number of rotatable bonds is 7. The Morgan fingerprint density at radius 1 is 1.45 bits per heavy atom. The lowest BCUT2D eigenvalue weighted by molar-refractivity contribution is 0.0000512. The predicted octanol–water partition coefficient (Wildman–Crippen LogP) is 2.36. The number of nitrogens with zero attached hydrogens (tertiary/aromatic N) is 1. The van der Waals surface area contributed by atoms with E-state index in [1.54, 1.807) is 13.0 Å². The van der Waals surface area contributed by atoms with E-state index >= 15 is 0 Å². The molecule has 5 nitrogen and oxygen atoms in total. The lowest BCUT2D eigenvalue weighted by atomic mass is 9.97. The summed E-state index contributed by atoms with van der Waals surface area (Å²) in [6.07, 6.45) is 1.41. The Labute approximate surface area is 120 Å². The van der Waals surface area contributed by atoms with Crippen LogP contribution in [0.3, 0.4) is 0 Å². The first-order chi connectivity index (χ1) is 9.35. The van der Waals surface area contributed by atoms with E-state index < -0.39 is 11.6 Å². The number of aryl methyl sites for hydroxylation is 1. The fourth-order valence-corrected chi connectivity index (χ4v) is 2.23. The van der Waals surface area contributed by atoms with Gasteiger partial charge in [0, 0.05) is 6.54 Å². The average Bonchev–Trinajstić information content (AvgIpc) is 2.78. The van der Waals surface area contributed by atoms with Crippen molar-refractivity contribution in [1.82, 2.24) is 4.90 Å². The molecular formula is C15H25NO4. The van der Waals surface area contributed by atoms with E-state index in [0.717, 1.165) is 0 Å². The van der Waals surface area contributed by atoms with Crippen molar-refractivity contribution in [2.75, 3.05) is 20.7 Å². The van der Waals surface area contributed by atoms with Gasteiger partial charge in [-0.15, -0.1) is 0 Å². The van der Waals surface area contributed by atoms with Gasteiger partial charge in [-0.2, -0.15) is 0 Å². The number of aliphatic hydroxyl groups is 1. The highest BCUT2D eigenvalue weighted by Crippen LogP contribution is 2.20. The summed E-state index contributed by atoms with van der Waals surface area (Å²) in [5.74, 6) is 0.861. The number of methoxy groups -OCH3 is 1. The van der Waals surface area contributed by atoms with Gasteiger partial charge in [-0.05, 0) is 32.9 Å². The van der Waals surface area contributed by atoms with Crippen LogP contribution in [0.2, 0.25) is 0 Å². The van der Waals surface area contributed by atoms with E-state index in [1.165, 1.54) is 7.11 Å². The largest absolute Gasteiger partial charge is 0.465 e. The molecule has 1 rings (SSSR count). The van der Waals surface area contributed by atoms with Crippen molar-refractivity contribution in [3.8, 4) is 0 Å². The number of hydrogen-bond acceptors (Lipinski definition) is 5. The molecule has 114 valence electrons. The summed E-state index contributed by atoms with van der Waals surface area (Å²) in [6.45, 7) is 6.80. The Morgan fingerprint density at radius 3 is 2.55 bits per heavy atom. The van der Waals surface area contributed by atoms with Gasteiger partial charge in [0.1, 0.15) is 17.1 Å². The summed E-state index contributed by atoms with van der Waals surface area (Å²) >= 11 is 0. The Hall–Kier alpha value is -1.33. The van der Waals surface area contributed by atoms with Crippen LogP contribution in [0.5, 0.6) is 0 Å². The molecule has 0 fully saturated rings. The first-order valence-electron chi connectivity index (χ1n) is 6.93. The fourth-order valence-electron chi connectivity index (χ4n) is 2.23. The van der Waals surface area contributed by atoms with Gasteiger partial charge in [0.2, 0.25) is 0 Å². The van der Waals surface area contributed by atoms with Crippen molar-refractivity contribution >= 4 is 5.97 Å². The number of likely N-dealkylation sites (N-methyl/N-ethyl adjacent to an activating group) is 1. The second-order valence-corrected chi connectivity index (χ2v) is 5.28. The highest BCUT2D eigenvalue weighted by Gasteiger charge is 2.25. The zero-order valence-corrected chi connectivity index (χ0v) is 13.0. The Balaban J connectivity index is 2.72. The van der Waals surface area contributed by atoms with E-state index in [0.29, 0.717) is 43.0 Å². The van der Waals surface area contributed by atoms with Crippen LogP contribution in [0.15, 0.2) is 10.5 Å². The maximum Gasteiger partial charge on any atom is 0.341 e. The van der Waals surface area contributed by atoms with Gasteiger partial charge >= 0.3 is 5.97 Å². The molecule has 0 unspecified atom stereocenters. The number of esters is 1. The summed E-state index contributed by atoms with van der Waals surface area (Å²) in [7, 11) is 3.27. The van der Waals surface area contributed by atoms with Gasteiger partial charge in [-0.1, -0.05) is 13.8 Å². The molecule has 0 aliphatic rings. The molecule has 0 bridgehead atoms. The maximum absolute atomic E-state index is 11.5. The van der Waals surface area contributed by atoms with Crippen molar-refractivity contribution in [1.29, 1.82) is 0 Å². The van der Waals surface area contributed by atoms with Gasteiger partial charge in [-0.3, -0.25) is 4.90 Å². The van der Waals surface area contributed by atoms with E-state index in [2.05, 4.69) is 0 Å². The Kier molecular flexibility index (Phi) is 5.77. The minimum Gasteiger partial charge on any atom is -0.465 e. The van der Waals surface area contributed by atoms with E-state index in [1.807, 2.05) is 25.8 Å². The van der Waals surface area contributed by atoms with Crippen LogP contribution < -0.4 is 0 Å². The number of carbonyl (C=O) groups excluding carboxylic acids is 1. The second kappa shape index (κ2) is 6.90. The third kappa shape index (κ3) is 4.08. The molecule has 0 aromatic carbocycles. The summed E-state index contributed by atoms with van der Waals surface area (Å²) in [4.78, 5) is 13.5. The summed E-state index contributed by atoms with van der Waals surface area (Å²) < 4.78 is 10.3. The first kappa shape index (κ1) is 16.7. The molecule has 0 aliphatic carbocycles. The zero-order chi connectivity index (χ0) is 15.3. The van der Waals surface area contributed by atoms with Crippen LogP contribution in [-0.2, 0) is 11.3 Å². The zero-order valence-electron chi connectivity index (χ0n) is 13.0. The summed E-state index contributed by atoms with van der Waals surface area (Å²) in [6, 6.07) is 1.70. The molecule has 0 saturated heterocycles. The number of carbonyl (C=O) groups is 1. The quantitative estimate of drug-likeness (QED) is 0.778. The molecule has 0 aliphatic heterocycles. The maximum atomic E-state index is 11.5. The molecule has 20 heavy (non-hydrogen) atoms. The predicted molar refractivity (Wildman–Crippen MR) is 76.7 cm³/mol. The molecule has 0 saturated carbocycles. The standard InChI is InChI=1S/C15H25NO4/c1-6-15(18,7-2)10-16(4)9-12-8-13(11(3)20-12)14(17)19-5/h8,18H,6-7,9-10H2,1-5H3. The summed E-state index contributed by atoms with van der Waals surface area (Å²) in [5.41, 5.74) is -0.223.